The summed E-state index contributed by atoms with van der Waals surface area (Å²) in [6.07, 6.45) is -0.954. The van der Waals surface area contributed by atoms with E-state index >= 15 is 0 Å². The molecule has 0 aliphatic carbocycles. The summed E-state index contributed by atoms with van der Waals surface area (Å²) in [6.45, 7) is -0.729. The molecule has 0 aliphatic rings. The van der Waals surface area contributed by atoms with E-state index in [1.165, 1.54) is 0 Å². The highest BCUT2D eigenvalue weighted by molar-refractivity contribution is 6.08. The third-order valence-electron chi connectivity index (χ3n) is 2.49. The van der Waals surface area contributed by atoms with Gasteiger partial charge in [0.25, 0.3) is 0 Å². The second-order valence-electron chi connectivity index (χ2n) is 4.08. The first-order valence-electron chi connectivity index (χ1n) is 6.23. The Morgan fingerprint density at radius 3 is 1.40 bits per heavy atom. The molecule has 4 heteroatoms. The van der Waals surface area contributed by atoms with E-state index in [0.29, 0.717) is 0 Å². The molecule has 0 radical (unpaired) electrons. The van der Waals surface area contributed by atoms with Crippen LogP contribution in [0.3, 0.4) is 0 Å². The van der Waals surface area contributed by atoms with E-state index < -0.39 is 6.10 Å². The van der Waals surface area contributed by atoms with E-state index in [1.54, 1.807) is 0 Å². The fourth-order valence-electron chi connectivity index (χ4n) is 1.40. The molecule has 0 heterocycles. The summed E-state index contributed by atoms with van der Waals surface area (Å²) >= 11 is 0. The van der Waals surface area contributed by atoms with Gasteiger partial charge in [-0.05, 0) is 0 Å². The Kier molecular flexibility index (Phi) is 7.21. The van der Waals surface area contributed by atoms with Crippen LogP contribution in [0.25, 0.3) is 0 Å². The van der Waals surface area contributed by atoms with Crippen LogP contribution in [0, 0.1) is 0 Å². The van der Waals surface area contributed by atoms with Crippen LogP contribution in [0.2, 0.25) is 0 Å². The van der Waals surface area contributed by atoms with E-state index in [-0.39, 0.29) is 19.0 Å². The van der Waals surface area contributed by atoms with Gasteiger partial charge in [0.15, 0.2) is 5.78 Å². The molecule has 0 spiro atoms. The highest BCUT2D eigenvalue weighted by atomic mass is 16.3. The lowest BCUT2D eigenvalue weighted by molar-refractivity contribution is 0.0450. The zero-order valence-electron chi connectivity index (χ0n) is 11.0. The molecule has 0 saturated heterocycles. The third kappa shape index (κ3) is 5.32. The summed E-state index contributed by atoms with van der Waals surface area (Å²) in [4.78, 5) is 11.8. The van der Waals surface area contributed by atoms with E-state index in [4.69, 9.17) is 15.3 Å². The maximum atomic E-state index is 11.8. The van der Waals surface area contributed by atoms with E-state index in [1.807, 2.05) is 60.7 Å². The zero-order chi connectivity index (χ0) is 14.8. The van der Waals surface area contributed by atoms with Crippen molar-refractivity contribution in [1.82, 2.24) is 0 Å². The number of ketones is 1. The first-order valence-corrected chi connectivity index (χ1v) is 6.23. The van der Waals surface area contributed by atoms with Crippen molar-refractivity contribution in [2.75, 3.05) is 13.2 Å². The largest absolute Gasteiger partial charge is 0.394 e. The summed E-state index contributed by atoms with van der Waals surface area (Å²) in [5.41, 5.74) is 1.47. The average Bonchev–Trinajstić information content (AvgIpc) is 2.55. The van der Waals surface area contributed by atoms with Gasteiger partial charge in [0, 0.05) is 11.1 Å². The number of rotatable bonds is 4. The second kappa shape index (κ2) is 8.98. The average molecular weight is 274 g/mol. The predicted molar refractivity (Wildman–Crippen MR) is 76.5 cm³/mol. The van der Waals surface area contributed by atoms with Crippen molar-refractivity contribution in [2.24, 2.45) is 0 Å². The van der Waals surface area contributed by atoms with E-state index in [0.717, 1.165) is 11.1 Å². The van der Waals surface area contributed by atoms with Crippen molar-refractivity contribution in [1.29, 1.82) is 0 Å². The van der Waals surface area contributed by atoms with Gasteiger partial charge in [-0.1, -0.05) is 60.7 Å². The number of carbonyl (C=O) groups is 1. The number of hydrogen-bond donors (Lipinski definition) is 3. The minimum absolute atomic E-state index is 0.0752. The van der Waals surface area contributed by atoms with Crippen molar-refractivity contribution in [3.05, 3.63) is 71.8 Å². The second-order valence-corrected chi connectivity index (χ2v) is 4.08. The normalized spacial score (nSPS) is 9.80. The van der Waals surface area contributed by atoms with E-state index in [2.05, 4.69) is 0 Å². The molecule has 20 heavy (non-hydrogen) atoms. The minimum atomic E-state index is -0.954. The lowest BCUT2D eigenvalue weighted by Gasteiger charge is -1.99. The first kappa shape index (κ1) is 16.0. The number of benzene rings is 2. The Balaban J connectivity index is 0.000000286. The van der Waals surface area contributed by atoms with Gasteiger partial charge in [0.05, 0.1) is 13.2 Å². The Morgan fingerprint density at radius 1 is 0.800 bits per heavy atom. The van der Waals surface area contributed by atoms with Gasteiger partial charge in [0.2, 0.25) is 0 Å². The van der Waals surface area contributed by atoms with Gasteiger partial charge < -0.3 is 15.3 Å². The fraction of sp³-hybridized carbons (Fsp3) is 0.188. The summed E-state index contributed by atoms with van der Waals surface area (Å²) < 4.78 is 0. The van der Waals surface area contributed by atoms with Crippen LogP contribution in [0.4, 0.5) is 0 Å². The van der Waals surface area contributed by atoms with Crippen molar-refractivity contribution < 1.29 is 20.1 Å². The molecule has 0 saturated carbocycles. The molecule has 0 amide bonds. The van der Waals surface area contributed by atoms with Crippen LogP contribution < -0.4 is 0 Å². The first-order chi connectivity index (χ1) is 9.69. The predicted octanol–water partition coefficient (Wildman–Crippen LogP) is 1.25. The van der Waals surface area contributed by atoms with Crippen LogP contribution in [0.15, 0.2) is 60.7 Å². The van der Waals surface area contributed by atoms with Gasteiger partial charge in [-0.3, -0.25) is 4.79 Å². The Bertz CT molecular complexity index is 451. The molecular weight excluding hydrogens is 256 g/mol. The molecule has 4 nitrogen and oxygen atoms in total. The number of aliphatic hydroxyl groups is 3. The van der Waals surface area contributed by atoms with Gasteiger partial charge in [-0.2, -0.15) is 0 Å². The topological polar surface area (TPSA) is 77.8 Å². The molecule has 0 aliphatic heterocycles. The van der Waals surface area contributed by atoms with Crippen molar-refractivity contribution in [3.8, 4) is 0 Å². The van der Waals surface area contributed by atoms with Crippen molar-refractivity contribution in [3.63, 3.8) is 0 Å². The zero-order valence-corrected chi connectivity index (χ0v) is 11.0. The van der Waals surface area contributed by atoms with Crippen LogP contribution in [0.1, 0.15) is 15.9 Å². The van der Waals surface area contributed by atoms with Crippen LogP contribution in [0.5, 0.6) is 0 Å². The molecule has 0 unspecified atom stereocenters. The van der Waals surface area contributed by atoms with Crippen LogP contribution >= 0.6 is 0 Å². The van der Waals surface area contributed by atoms with Gasteiger partial charge in [-0.15, -0.1) is 0 Å². The number of carbonyl (C=O) groups excluding carboxylic acids is 1. The van der Waals surface area contributed by atoms with Crippen molar-refractivity contribution in [2.45, 2.75) is 6.10 Å². The third-order valence-corrected chi connectivity index (χ3v) is 2.49. The van der Waals surface area contributed by atoms with Gasteiger partial charge in [-0.25, -0.2) is 0 Å². The maximum Gasteiger partial charge on any atom is 0.193 e. The molecule has 3 N–H and O–H groups in total. The smallest absolute Gasteiger partial charge is 0.193 e. The molecule has 0 bridgehead atoms. The van der Waals surface area contributed by atoms with Crippen molar-refractivity contribution >= 4 is 5.78 Å². The number of aliphatic hydroxyl groups excluding tert-OH is 3. The summed E-state index contributed by atoms with van der Waals surface area (Å²) in [7, 11) is 0. The highest BCUT2D eigenvalue weighted by Crippen LogP contribution is 2.08. The summed E-state index contributed by atoms with van der Waals surface area (Å²) in [6, 6.07) is 18.6. The number of hydrogen-bond acceptors (Lipinski definition) is 4. The minimum Gasteiger partial charge on any atom is -0.394 e. The molecular formula is C16H18O4. The Morgan fingerprint density at radius 2 is 1.15 bits per heavy atom. The lowest BCUT2D eigenvalue weighted by atomic mass is 10.0. The molecule has 0 atom stereocenters. The van der Waals surface area contributed by atoms with Gasteiger partial charge in [0.1, 0.15) is 6.10 Å². The molecule has 0 fully saturated rings. The van der Waals surface area contributed by atoms with E-state index in [9.17, 15) is 4.79 Å². The van der Waals surface area contributed by atoms with Crippen LogP contribution in [-0.2, 0) is 0 Å². The standard InChI is InChI=1S/C13H10O.C3H8O3/c14-13(11-7-3-1-4-8-11)12-9-5-2-6-10-12;4-1-3(6)2-5/h1-10H;3-6H,1-2H2. The Hall–Kier alpha value is -2.01. The highest BCUT2D eigenvalue weighted by Gasteiger charge is 2.06. The molecule has 2 aromatic rings. The fourth-order valence-corrected chi connectivity index (χ4v) is 1.40. The monoisotopic (exact) mass is 274 g/mol. The quantitative estimate of drug-likeness (QED) is 0.733. The summed E-state index contributed by atoms with van der Waals surface area (Å²) in [5.74, 6) is 0.0752. The van der Waals surface area contributed by atoms with Crippen LogP contribution in [-0.4, -0.2) is 40.4 Å². The molecule has 0 aromatic heterocycles. The molecule has 2 aromatic carbocycles. The van der Waals surface area contributed by atoms with Gasteiger partial charge >= 0.3 is 0 Å². The maximum absolute atomic E-state index is 11.8. The molecule has 2 rings (SSSR count). The lowest BCUT2D eigenvalue weighted by Crippen LogP contribution is -2.15. The summed E-state index contributed by atoms with van der Waals surface area (Å²) in [5, 5.41) is 24.0. The molecule has 106 valence electrons. The Labute approximate surface area is 117 Å². The SMILES string of the molecule is O=C(c1ccccc1)c1ccccc1.OCC(O)CO.